The molecule has 0 fully saturated rings. The molecule has 0 saturated heterocycles. The van der Waals surface area contributed by atoms with E-state index in [0.717, 1.165) is 10.9 Å². The van der Waals surface area contributed by atoms with Crippen LogP contribution in [0, 0.1) is 0 Å². The summed E-state index contributed by atoms with van der Waals surface area (Å²) in [5, 5.41) is 1.98. The minimum Gasteiger partial charge on any atom is -0.359 e. The summed E-state index contributed by atoms with van der Waals surface area (Å²) in [7, 11) is 0. The van der Waals surface area contributed by atoms with Crippen molar-refractivity contribution in [3.63, 3.8) is 0 Å². The van der Waals surface area contributed by atoms with Gasteiger partial charge >= 0.3 is 0 Å². The predicted molar refractivity (Wildman–Crippen MR) is 85.9 cm³/mol. The zero-order chi connectivity index (χ0) is 14.3. The molecular weight excluding hydrogens is 361 g/mol. The molecule has 1 aromatic heterocycles. The maximum absolute atomic E-state index is 12.6. The molecule has 20 heavy (non-hydrogen) atoms. The van der Waals surface area contributed by atoms with Crippen molar-refractivity contribution in [2.45, 2.75) is 0 Å². The number of H-pyrrole nitrogens is 1. The topological polar surface area (TPSA) is 32.9 Å². The van der Waals surface area contributed by atoms with Crippen LogP contribution in [0.2, 0.25) is 10.0 Å². The van der Waals surface area contributed by atoms with Gasteiger partial charge in [0.2, 0.25) is 0 Å². The van der Waals surface area contributed by atoms with E-state index in [-0.39, 0.29) is 5.78 Å². The van der Waals surface area contributed by atoms with Crippen molar-refractivity contribution >= 4 is 55.8 Å². The monoisotopic (exact) mass is 367 g/mol. The molecule has 0 spiro atoms. The van der Waals surface area contributed by atoms with Gasteiger partial charge in [-0.05, 0) is 40.2 Å². The van der Waals surface area contributed by atoms with Gasteiger partial charge in [-0.3, -0.25) is 4.79 Å². The number of aromatic amines is 1. The van der Waals surface area contributed by atoms with E-state index >= 15 is 0 Å². The summed E-state index contributed by atoms with van der Waals surface area (Å²) in [6.45, 7) is 0. The summed E-state index contributed by atoms with van der Waals surface area (Å²) < 4.78 is 0.697. The van der Waals surface area contributed by atoms with Gasteiger partial charge in [0.05, 0.1) is 15.6 Å². The summed E-state index contributed by atoms with van der Waals surface area (Å²) in [6.07, 6.45) is 1.68. The molecule has 0 aliphatic heterocycles. The van der Waals surface area contributed by atoms with Crippen molar-refractivity contribution in [1.29, 1.82) is 0 Å². The Morgan fingerprint density at radius 2 is 1.90 bits per heavy atom. The van der Waals surface area contributed by atoms with E-state index in [1.54, 1.807) is 30.5 Å². The van der Waals surface area contributed by atoms with Crippen molar-refractivity contribution in [3.8, 4) is 0 Å². The molecule has 0 atom stereocenters. The highest BCUT2D eigenvalue weighted by Gasteiger charge is 2.16. The lowest BCUT2D eigenvalue weighted by molar-refractivity contribution is 0.104. The fourth-order valence-corrected chi connectivity index (χ4v) is 2.82. The second-order valence-corrected chi connectivity index (χ2v) is 5.99. The van der Waals surface area contributed by atoms with Crippen molar-refractivity contribution in [2.75, 3.05) is 0 Å². The maximum Gasteiger partial charge on any atom is 0.195 e. The number of rotatable bonds is 2. The number of para-hydroxylation sites is 1. The number of hydrogen-bond acceptors (Lipinski definition) is 1. The zero-order valence-electron chi connectivity index (χ0n) is 10.1. The summed E-state index contributed by atoms with van der Waals surface area (Å²) in [4.78, 5) is 15.6. The maximum atomic E-state index is 12.6. The molecule has 5 heteroatoms. The molecule has 3 aromatic rings. The van der Waals surface area contributed by atoms with Gasteiger partial charge in [-0.2, -0.15) is 0 Å². The van der Waals surface area contributed by atoms with Gasteiger partial charge in [0.1, 0.15) is 0 Å². The van der Waals surface area contributed by atoms with Crippen molar-refractivity contribution in [1.82, 2.24) is 4.98 Å². The van der Waals surface area contributed by atoms with Gasteiger partial charge in [0.15, 0.2) is 5.78 Å². The Bertz CT molecular complexity index is 826. The number of benzene rings is 2. The Morgan fingerprint density at radius 3 is 2.65 bits per heavy atom. The van der Waals surface area contributed by atoms with Gasteiger partial charge in [-0.15, -0.1) is 0 Å². The molecular formula is C15H8BrCl2NO. The fourth-order valence-electron chi connectivity index (χ4n) is 2.10. The van der Waals surface area contributed by atoms with Crippen LogP contribution in [0.1, 0.15) is 15.9 Å². The minimum atomic E-state index is -0.0733. The molecule has 0 radical (unpaired) electrons. The number of halogens is 3. The van der Waals surface area contributed by atoms with Crippen LogP contribution in [0.3, 0.4) is 0 Å². The van der Waals surface area contributed by atoms with Crippen LogP contribution < -0.4 is 0 Å². The van der Waals surface area contributed by atoms with Gasteiger partial charge < -0.3 is 4.98 Å². The Balaban J connectivity index is 2.13. The first kappa shape index (κ1) is 13.7. The lowest BCUT2D eigenvalue weighted by Gasteiger charge is -2.02. The molecule has 2 nitrogen and oxygen atoms in total. The third kappa shape index (κ3) is 2.26. The first-order valence-corrected chi connectivity index (χ1v) is 7.38. The van der Waals surface area contributed by atoms with E-state index in [2.05, 4.69) is 20.9 Å². The number of carbonyl (C=O) groups excluding carboxylic acids is 1. The average Bonchev–Trinajstić information content (AvgIpc) is 2.86. The Kier molecular flexibility index (Phi) is 3.59. The molecule has 1 N–H and O–H groups in total. The lowest BCUT2D eigenvalue weighted by atomic mass is 10.0. The van der Waals surface area contributed by atoms with Crippen LogP contribution in [0.5, 0.6) is 0 Å². The zero-order valence-corrected chi connectivity index (χ0v) is 13.2. The highest BCUT2D eigenvalue weighted by atomic mass is 79.9. The van der Waals surface area contributed by atoms with E-state index in [0.29, 0.717) is 25.6 Å². The molecule has 1 heterocycles. The molecule has 0 aliphatic carbocycles. The van der Waals surface area contributed by atoms with Gasteiger partial charge in [0, 0.05) is 27.2 Å². The number of ketones is 1. The third-order valence-electron chi connectivity index (χ3n) is 3.09. The highest BCUT2D eigenvalue weighted by molar-refractivity contribution is 9.10. The van der Waals surface area contributed by atoms with Crippen LogP contribution in [0.25, 0.3) is 10.9 Å². The number of aromatic nitrogens is 1. The Morgan fingerprint density at radius 1 is 1.10 bits per heavy atom. The first-order chi connectivity index (χ1) is 9.58. The standard InChI is InChI=1S/C15H8BrCl2NO/c16-11-6-8(4-5-12(11)17)15(20)10-7-19-14-9(10)2-1-3-13(14)18/h1-7,19H. The van der Waals surface area contributed by atoms with E-state index in [1.165, 1.54) is 0 Å². The smallest absolute Gasteiger partial charge is 0.195 e. The molecule has 0 bridgehead atoms. The third-order valence-corrected chi connectivity index (χ3v) is 4.62. The molecule has 0 saturated carbocycles. The minimum absolute atomic E-state index is 0.0733. The summed E-state index contributed by atoms with van der Waals surface area (Å²) in [5.41, 5.74) is 1.93. The summed E-state index contributed by atoms with van der Waals surface area (Å²) in [5.74, 6) is -0.0733. The quantitative estimate of drug-likeness (QED) is 0.598. The Labute approximate surface area is 133 Å². The summed E-state index contributed by atoms with van der Waals surface area (Å²) >= 11 is 15.4. The van der Waals surface area contributed by atoms with Crippen LogP contribution in [-0.2, 0) is 0 Å². The van der Waals surface area contributed by atoms with E-state index in [1.807, 2.05) is 12.1 Å². The van der Waals surface area contributed by atoms with Crippen LogP contribution in [-0.4, -0.2) is 10.8 Å². The normalized spacial score (nSPS) is 10.9. The first-order valence-electron chi connectivity index (χ1n) is 5.83. The van der Waals surface area contributed by atoms with Crippen LogP contribution in [0.4, 0.5) is 0 Å². The highest BCUT2D eigenvalue weighted by Crippen LogP contribution is 2.29. The molecule has 0 aliphatic rings. The van der Waals surface area contributed by atoms with E-state index in [4.69, 9.17) is 23.2 Å². The van der Waals surface area contributed by atoms with Gasteiger partial charge in [-0.25, -0.2) is 0 Å². The number of fused-ring (bicyclic) bond motifs is 1. The molecule has 0 amide bonds. The number of nitrogens with one attached hydrogen (secondary N) is 1. The molecule has 100 valence electrons. The van der Waals surface area contributed by atoms with Crippen LogP contribution in [0.15, 0.2) is 47.1 Å². The second kappa shape index (κ2) is 5.24. The Hall–Kier alpha value is -1.29. The van der Waals surface area contributed by atoms with Crippen molar-refractivity contribution in [3.05, 3.63) is 68.2 Å². The van der Waals surface area contributed by atoms with Crippen molar-refractivity contribution < 1.29 is 4.79 Å². The number of hydrogen-bond donors (Lipinski definition) is 1. The van der Waals surface area contributed by atoms with Gasteiger partial charge in [0.25, 0.3) is 0 Å². The molecule has 2 aromatic carbocycles. The SMILES string of the molecule is O=C(c1ccc(Cl)c(Br)c1)c1c[nH]c2c(Cl)cccc12. The largest absolute Gasteiger partial charge is 0.359 e. The van der Waals surface area contributed by atoms with E-state index in [9.17, 15) is 4.79 Å². The van der Waals surface area contributed by atoms with E-state index < -0.39 is 0 Å². The van der Waals surface area contributed by atoms with Crippen molar-refractivity contribution in [2.24, 2.45) is 0 Å². The second-order valence-electron chi connectivity index (χ2n) is 4.32. The molecule has 3 rings (SSSR count). The lowest BCUT2D eigenvalue weighted by Crippen LogP contribution is -2.00. The van der Waals surface area contributed by atoms with Crippen LogP contribution >= 0.6 is 39.1 Å². The molecule has 0 unspecified atom stereocenters. The fraction of sp³-hybridized carbons (Fsp3) is 0. The predicted octanol–water partition coefficient (Wildman–Crippen LogP) is 5.47. The average molecular weight is 369 g/mol. The van der Waals surface area contributed by atoms with Gasteiger partial charge in [-0.1, -0.05) is 35.3 Å². The number of carbonyl (C=O) groups is 1. The summed E-state index contributed by atoms with van der Waals surface area (Å²) in [6, 6.07) is 10.6.